The van der Waals surface area contributed by atoms with Gasteiger partial charge in [-0.2, -0.15) is 13.2 Å². The summed E-state index contributed by atoms with van der Waals surface area (Å²) < 4.78 is 38.4. The van der Waals surface area contributed by atoms with Crippen molar-refractivity contribution in [3.8, 4) is 0 Å². The first kappa shape index (κ1) is 13.5. The minimum atomic E-state index is -4.44. The summed E-state index contributed by atoms with van der Waals surface area (Å²) in [5, 5.41) is 9.64. The molecular formula is C11H12BrF3O. The summed E-state index contributed by atoms with van der Waals surface area (Å²) >= 11 is 3.00. The number of hydrogen-bond acceptors (Lipinski definition) is 1. The fraction of sp³-hybridized carbons (Fsp3) is 0.455. The quantitative estimate of drug-likeness (QED) is 0.882. The lowest BCUT2D eigenvalue weighted by Gasteiger charge is -2.17. The Morgan fingerprint density at radius 2 is 2.00 bits per heavy atom. The Kier molecular flexibility index (Phi) is 4.38. The van der Waals surface area contributed by atoms with Crippen LogP contribution in [0, 0.1) is 0 Å². The molecule has 0 spiro atoms. The van der Waals surface area contributed by atoms with Crippen molar-refractivity contribution in [2.75, 3.05) is 0 Å². The zero-order valence-electron chi connectivity index (χ0n) is 8.68. The Bertz CT molecular complexity index is 363. The van der Waals surface area contributed by atoms with E-state index in [-0.39, 0.29) is 5.56 Å². The molecule has 0 fully saturated rings. The largest absolute Gasteiger partial charge is 0.416 e. The van der Waals surface area contributed by atoms with E-state index >= 15 is 0 Å². The summed E-state index contributed by atoms with van der Waals surface area (Å²) in [6.07, 6.45) is -4.54. The molecule has 1 rings (SSSR count). The van der Waals surface area contributed by atoms with Crippen LogP contribution < -0.4 is 0 Å². The summed E-state index contributed by atoms with van der Waals surface area (Å²) in [6, 6.07) is 3.81. The second kappa shape index (κ2) is 5.19. The lowest BCUT2D eigenvalue weighted by molar-refractivity contribution is -0.139. The molecule has 0 amide bonds. The van der Waals surface area contributed by atoms with E-state index in [1.807, 2.05) is 6.92 Å². The van der Waals surface area contributed by atoms with Crippen LogP contribution in [0.1, 0.15) is 37.0 Å². The fourth-order valence-electron chi connectivity index (χ4n) is 1.49. The smallest absolute Gasteiger partial charge is 0.388 e. The van der Waals surface area contributed by atoms with Crippen LogP contribution in [0.15, 0.2) is 22.7 Å². The molecular weight excluding hydrogens is 285 g/mol. The zero-order valence-corrected chi connectivity index (χ0v) is 10.3. The highest BCUT2D eigenvalue weighted by Gasteiger charge is 2.34. The van der Waals surface area contributed by atoms with Gasteiger partial charge in [-0.25, -0.2) is 0 Å². The van der Waals surface area contributed by atoms with Gasteiger partial charge in [-0.1, -0.05) is 35.3 Å². The van der Waals surface area contributed by atoms with Gasteiger partial charge in [-0.15, -0.1) is 0 Å². The lowest BCUT2D eigenvalue weighted by atomic mass is 9.99. The minimum Gasteiger partial charge on any atom is -0.388 e. The molecule has 1 atom stereocenters. The molecule has 0 heterocycles. The molecule has 0 aromatic heterocycles. The third kappa shape index (κ3) is 3.22. The summed E-state index contributed by atoms with van der Waals surface area (Å²) in [7, 11) is 0. The van der Waals surface area contributed by atoms with E-state index in [4.69, 9.17) is 0 Å². The molecule has 0 aliphatic carbocycles. The van der Waals surface area contributed by atoms with Gasteiger partial charge in [0.1, 0.15) is 0 Å². The van der Waals surface area contributed by atoms with Crippen molar-refractivity contribution in [2.45, 2.75) is 32.0 Å². The maximum absolute atomic E-state index is 12.7. The molecule has 90 valence electrons. The monoisotopic (exact) mass is 296 g/mol. The predicted octanol–water partition coefficient (Wildman–Crippen LogP) is 4.30. The molecule has 0 aliphatic rings. The van der Waals surface area contributed by atoms with E-state index in [2.05, 4.69) is 15.9 Å². The standard InChI is InChI=1S/C11H12BrF3O/c1-2-3-10(16)8-5-4-7(12)6-9(8)11(13,14)15/h4-6,10,16H,2-3H2,1H3/t10-/m1/s1. The van der Waals surface area contributed by atoms with Crippen molar-refractivity contribution in [3.63, 3.8) is 0 Å². The molecule has 0 bridgehead atoms. The second-order valence-electron chi connectivity index (χ2n) is 3.53. The van der Waals surface area contributed by atoms with Gasteiger partial charge < -0.3 is 5.11 Å². The number of halogens is 4. The normalized spacial score (nSPS) is 13.9. The van der Waals surface area contributed by atoms with Gasteiger partial charge in [0, 0.05) is 4.47 Å². The predicted molar refractivity (Wildman–Crippen MR) is 59.0 cm³/mol. The topological polar surface area (TPSA) is 20.2 Å². The van der Waals surface area contributed by atoms with E-state index in [1.54, 1.807) is 0 Å². The van der Waals surface area contributed by atoms with Crippen LogP contribution in [0.5, 0.6) is 0 Å². The van der Waals surface area contributed by atoms with Gasteiger partial charge in [0.05, 0.1) is 11.7 Å². The second-order valence-corrected chi connectivity index (χ2v) is 4.45. The van der Waals surface area contributed by atoms with E-state index in [1.165, 1.54) is 12.1 Å². The molecule has 1 N–H and O–H groups in total. The third-order valence-electron chi connectivity index (χ3n) is 2.24. The van der Waals surface area contributed by atoms with Crippen LogP contribution in [-0.4, -0.2) is 5.11 Å². The minimum absolute atomic E-state index is 0.0578. The van der Waals surface area contributed by atoms with Crippen LogP contribution in [0.4, 0.5) is 13.2 Å². The molecule has 1 aromatic rings. The summed E-state index contributed by atoms with van der Waals surface area (Å²) in [5.41, 5.74) is -0.833. The first-order valence-corrected chi connectivity index (χ1v) is 5.70. The number of benzene rings is 1. The Morgan fingerprint density at radius 1 is 1.38 bits per heavy atom. The van der Waals surface area contributed by atoms with Crippen molar-refractivity contribution in [1.82, 2.24) is 0 Å². The van der Waals surface area contributed by atoms with Crippen LogP contribution >= 0.6 is 15.9 Å². The number of aliphatic hydroxyl groups excluding tert-OH is 1. The van der Waals surface area contributed by atoms with Gasteiger partial charge in [-0.05, 0) is 24.1 Å². The van der Waals surface area contributed by atoms with Crippen LogP contribution in [0.25, 0.3) is 0 Å². The summed E-state index contributed by atoms with van der Waals surface area (Å²) in [5.74, 6) is 0. The van der Waals surface area contributed by atoms with Crippen molar-refractivity contribution < 1.29 is 18.3 Å². The molecule has 16 heavy (non-hydrogen) atoms. The Hall–Kier alpha value is -0.550. The number of rotatable bonds is 3. The number of hydrogen-bond donors (Lipinski definition) is 1. The Labute approximate surface area is 100 Å². The van der Waals surface area contributed by atoms with Crippen molar-refractivity contribution in [1.29, 1.82) is 0 Å². The highest BCUT2D eigenvalue weighted by Crippen LogP contribution is 2.37. The van der Waals surface area contributed by atoms with E-state index < -0.39 is 17.8 Å². The SMILES string of the molecule is CCC[C@@H](O)c1ccc(Br)cc1C(F)(F)F. The van der Waals surface area contributed by atoms with Crippen LogP contribution in [0.3, 0.4) is 0 Å². The van der Waals surface area contributed by atoms with E-state index in [0.717, 1.165) is 6.07 Å². The first-order chi connectivity index (χ1) is 7.36. The van der Waals surface area contributed by atoms with Gasteiger partial charge in [0.25, 0.3) is 0 Å². The molecule has 0 saturated carbocycles. The number of alkyl halides is 3. The molecule has 5 heteroatoms. The van der Waals surface area contributed by atoms with Crippen molar-refractivity contribution >= 4 is 15.9 Å². The maximum atomic E-state index is 12.7. The zero-order chi connectivity index (χ0) is 12.3. The molecule has 0 radical (unpaired) electrons. The van der Waals surface area contributed by atoms with E-state index in [0.29, 0.717) is 17.3 Å². The summed E-state index contributed by atoms with van der Waals surface area (Å²) in [4.78, 5) is 0. The Morgan fingerprint density at radius 3 is 2.50 bits per heavy atom. The van der Waals surface area contributed by atoms with Gasteiger partial charge in [-0.3, -0.25) is 0 Å². The van der Waals surface area contributed by atoms with Gasteiger partial charge >= 0.3 is 6.18 Å². The first-order valence-electron chi connectivity index (χ1n) is 4.91. The van der Waals surface area contributed by atoms with Crippen LogP contribution in [0.2, 0.25) is 0 Å². The molecule has 1 nitrogen and oxygen atoms in total. The van der Waals surface area contributed by atoms with E-state index in [9.17, 15) is 18.3 Å². The fourth-order valence-corrected chi connectivity index (χ4v) is 1.85. The molecule has 1 aromatic carbocycles. The highest BCUT2D eigenvalue weighted by atomic mass is 79.9. The summed E-state index contributed by atoms with van der Waals surface area (Å²) in [6.45, 7) is 1.81. The highest BCUT2D eigenvalue weighted by molar-refractivity contribution is 9.10. The average molecular weight is 297 g/mol. The molecule has 0 aliphatic heterocycles. The van der Waals surface area contributed by atoms with Crippen molar-refractivity contribution in [3.05, 3.63) is 33.8 Å². The number of aliphatic hydroxyl groups is 1. The van der Waals surface area contributed by atoms with Gasteiger partial charge in [0.15, 0.2) is 0 Å². The maximum Gasteiger partial charge on any atom is 0.416 e. The van der Waals surface area contributed by atoms with Crippen molar-refractivity contribution in [2.24, 2.45) is 0 Å². The molecule has 0 saturated heterocycles. The van der Waals surface area contributed by atoms with Crippen LogP contribution in [-0.2, 0) is 6.18 Å². The Balaban J connectivity index is 3.18. The average Bonchev–Trinajstić information content (AvgIpc) is 2.16. The molecule has 0 unspecified atom stereocenters. The van der Waals surface area contributed by atoms with Gasteiger partial charge in [0.2, 0.25) is 0 Å². The third-order valence-corrected chi connectivity index (χ3v) is 2.74. The lowest BCUT2D eigenvalue weighted by Crippen LogP contribution is -2.12.